The number of carbonyl (C=O) groups excluding carboxylic acids is 1. The van der Waals surface area contributed by atoms with E-state index < -0.39 is 11.0 Å². The maximum atomic E-state index is 12.3. The molecule has 2 amide bonds. The van der Waals surface area contributed by atoms with E-state index in [2.05, 4.69) is 10.3 Å². The highest BCUT2D eigenvalue weighted by Gasteiger charge is 2.15. The number of nitrogens with zero attached hydrogens (tertiary/aromatic N) is 3. The normalized spacial score (nSPS) is 10.1. The average molecular weight is 316 g/mol. The highest BCUT2D eigenvalue weighted by atomic mass is 16.6. The van der Waals surface area contributed by atoms with E-state index >= 15 is 0 Å². The molecule has 0 fully saturated rings. The summed E-state index contributed by atoms with van der Waals surface area (Å²) >= 11 is 0. The van der Waals surface area contributed by atoms with Crippen molar-refractivity contribution in [2.24, 2.45) is 0 Å². The zero-order valence-corrected chi connectivity index (χ0v) is 12.3. The van der Waals surface area contributed by atoms with Crippen molar-refractivity contribution in [2.75, 3.05) is 18.5 Å². The molecule has 0 bridgehead atoms. The molecule has 23 heavy (non-hydrogen) atoms. The van der Waals surface area contributed by atoms with Crippen molar-refractivity contribution in [2.45, 2.75) is 6.54 Å². The second-order valence-corrected chi connectivity index (χ2v) is 4.74. The van der Waals surface area contributed by atoms with Crippen molar-refractivity contribution in [1.29, 1.82) is 0 Å². The predicted octanol–water partition coefficient (Wildman–Crippen LogP) is 2.02. The van der Waals surface area contributed by atoms with Crippen LogP contribution in [-0.4, -0.2) is 39.1 Å². The Morgan fingerprint density at radius 2 is 2.17 bits per heavy atom. The first-order chi connectivity index (χ1) is 11.1. The minimum atomic E-state index is -0.531. The lowest BCUT2D eigenvalue weighted by Crippen LogP contribution is -2.36. The summed E-state index contributed by atoms with van der Waals surface area (Å²) in [6, 6.07) is 8.79. The third-order valence-corrected chi connectivity index (χ3v) is 3.06. The van der Waals surface area contributed by atoms with Crippen molar-refractivity contribution in [3.05, 3.63) is 64.5 Å². The van der Waals surface area contributed by atoms with Gasteiger partial charge in [0.2, 0.25) is 0 Å². The van der Waals surface area contributed by atoms with Gasteiger partial charge in [-0.2, -0.15) is 0 Å². The number of benzene rings is 1. The van der Waals surface area contributed by atoms with E-state index in [4.69, 9.17) is 5.11 Å². The first-order valence-electron chi connectivity index (χ1n) is 6.90. The molecule has 0 atom stereocenters. The van der Waals surface area contributed by atoms with E-state index in [1.54, 1.807) is 24.5 Å². The molecule has 0 saturated heterocycles. The van der Waals surface area contributed by atoms with E-state index in [1.165, 1.54) is 23.1 Å². The van der Waals surface area contributed by atoms with Crippen molar-refractivity contribution in [1.82, 2.24) is 9.88 Å². The standard InChI is InChI=1S/C15H16N4O4/c20-8-7-18(11-12-3-2-6-16-10-12)15(21)17-13-4-1-5-14(9-13)19(22)23/h1-6,9-10,20H,7-8,11H2,(H,17,21). The monoisotopic (exact) mass is 316 g/mol. The number of rotatable bonds is 6. The van der Waals surface area contributed by atoms with Crippen LogP contribution < -0.4 is 5.32 Å². The summed E-state index contributed by atoms with van der Waals surface area (Å²) in [6.07, 6.45) is 3.26. The second-order valence-electron chi connectivity index (χ2n) is 4.74. The van der Waals surface area contributed by atoms with Gasteiger partial charge < -0.3 is 15.3 Å². The van der Waals surface area contributed by atoms with E-state index in [1.807, 2.05) is 6.07 Å². The maximum Gasteiger partial charge on any atom is 0.322 e. The number of aliphatic hydroxyl groups is 1. The number of nitrogens with one attached hydrogen (secondary N) is 1. The molecule has 0 spiro atoms. The molecular formula is C15H16N4O4. The predicted molar refractivity (Wildman–Crippen MR) is 83.8 cm³/mol. The molecule has 1 heterocycles. The van der Waals surface area contributed by atoms with Crippen LogP contribution in [-0.2, 0) is 6.54 Å². The molecule has 0 radical (unpaired) electrons. The van der Waals surface area contributed by atoms with Gasteiger partial charge in [0.25, 0.3) is 5.69 Å². The van der Waals surface area contributed by atoms with Gasteiger partial charge in [0.05, 0.1) is 11.5 Å². The number of hydrogen-bond acceptors (Lipinski definition) is 5. The fourth-order valence-electron chi connectivity index (χ4n) is 1.98. The number of anilines is 1. The molecule has 8 heteroatoms. The summed E-state index contributed by atoms with van der Waals surface area (Å²) in [5.41, 5.74) is 1.03. The van der Waals surface area contributed by atoms with Crippen LogP contribution in [0.4, 0.5) is 16.2 Å². The molecule has 1 aromatic carbocycles. The Bertz CT molecular complexity index is 678. The molecule has 120 valence electrons. The quantitative estimate of drug-likeness (QED) is 0.626. The smallest absolute Gasteiger partial charge is 0.322 e. The van der Waals surface area contributed by atoms with Gasteiger partial charge in [-0.15, -0.1) is 0 Å². The SMILES string of the molecule is O=C(Nc1cccc([N+](=O)[O-])c1)N(CCO)Cc1cccnc1. The molecule has 8 nitrogen and oxygen atoms in total. The Morgan fingerprint density at radius 3 is 2.83 bits per heavy atom. The first-order valence-corrected chi connectivity index (χ1v) is 6.90. The highest BCUT2D eigenvalue weighted by Crippen LogP contribution is 2.17. The Balaban J connectivity index is 2.09. The Hall–Kier alpha value is -3.00. The topological polar surface area (TPSA) is 109 Å². The first kappa shape index (κ1) is 16.4. The van der Waals surface area contributed by atoms with Crippen LogP contribution in [0.2, 0.25) is 0 Å². The van der Waals surface area contributed by atoms with Crippen LogP contribution in [0.3, 0.4) is 0 Å². The number of aromatic nitrogens is 1. The van der Waals surface area contributed by atoms with Gasteiger partial charge in [-0.25, -0.2) is 4.79 Å². The summed E-state index contributed by atoms with van der Waals surface area (Å²) in [7, 11) is 0. The van der Waals surface area contributed by atoms with Crippen LogP contribution >= 0.6 is 0 Å². The van der Waals surface area contributed by atoms with Crippen molar-refractivity contribution in [3.63, 3.8) is 0 Å². The van der Waals surface area contributed by atoms with Gasteiger partial charge in [-0.05, 0) is 17.7 Å². The number of nitro benzene ring substituents is 1. The fourth-order valence-corrected chi connectivity index (χ4v) is 1.98. The molecule has 1 aromatic heterocycles. The molecule has 0 unspecified atom stereocenters. The number of carbonyl (C=O) groups is 1. The lowest BCUT2D eigenvalue weighted by molar-refractivity contribution is -0.384. The van der Waals surface area contributed by atoms with Crippen LogP contribution in [0.1, 0.15) is 5.56 Å². The van der Waals surface area contributed by atoms with Crippen LogP contribution in [0.15, 0.2) is 48.8 Å². The average Bonchev–Trinajstić information content (AvgIpc) is 2.55. The number of aliphatic hydroxyl groups excluding tert-OH is 1. The van der Waals surface area contributed by atoms with Crippen LogP contribution in [0.25, 0.3) is 0 Å². The third kappa shape index (κ3) is 4.75. The number of pyridine rings is 1. The van der Waals surface area contributed by atoms with Gasteiger partial charge in [0, 0.05) is 43.3 Å². The van der Waals surface area contributed by atoms with Crippen LogP contribution in [0.5, 0.6) is 0 Å². The number of non-ortho nitro benzene ring substituents is 1. The molecule has 0 aliphatic rings. The fraction of sp³-hybridized carbons (Fsp3) is 0.200. The van der Waals surface area contributed by atoms with E-state index in [0.29, 0.717) is 5.69 Å². The van der Waals surface area contributed by atoms with Gasteiger partial charge in [0.1, 0.15) is 0 Å². The summed E-state index contributed by atoms with van der Waals surface area (Å²) < 4.78 is 0. The van der Waals surface area contributed by atoms with Crippen molar-refractivity contribution < 1.29 is 14.8 Å². The molecule has 2 rings (SSSR count). The zero-order chi connectivity index (χ0) is 16.7. The number of amides is 2. The van der Waals surface area contributed by atoms with E-state index in [-0.39, 0.29) is 25.4 Å². The number of hydrogen-bond donors (Lipinski definition) is 2. The molecule has 0 aliphatic heterocycles. The second kappa shape index (κ2) is 7.85. The Morgan fingerprint density at radius 1 is 1.35 bits per heavy atom. The number of urea groups is 1. The maximum absolute atomic E-state index is 12.3. The van der Waals surface area contributed by atoms with Crippen LogP contribution in [0, 0.1) is 10.1 Å². The van der Waals surface area contributed by atoms with Gasteiger partial charge in [-0.3, -0.25) is 15.1 Å². The van der Waals surface area contributed by atoms with Gasteiger partial charge in [0.15, 0.2) is 0 Å². The summed E-state index contributed by atoms with van der Waals surface area (Å²) in [5, 5.41) is 22.5. The lowest BCUT2D eigenvalue weighted by Gasteiger charge is -2.22. The number of nitro groups is 1. The third-order valence-electron chi connectivity index (χ3n) is 3.06. The summed E-state index contributed by atoms with van der Waals surface area (Å²) in [6.45, 7) is 0.216. The largest absolute Gasteiger partial charge is 0.395 e. The molecular weight excluding hydrogens is 300 g/mol. The minimum absolute atomic E-state index is 0.108. The molecule has 0 saturated carbocycles. The summed E-state index contributed by atoms with van der Waals surface area (Å²) in [5.74, 6) is 0. The van der Waals surface area contributed by atoms with E-state index in [0.717, 1.165) is 5.56 Å². The Kier molecular flexibility index (Phi) is 5.59. The molecule has 2 aromatic rings. The van der Waals surface area contributed by atoms with Crippen molar-refractivity contribution >= 4 is 17.4 Å². The Labute approximate surface area is 132 Å². The van der Waals surface area contributed by atoms with Crippen molar-refractivity contribution in [3.8, 4) is 0 Å². The van der Waals surface area contributed by atoms with Gasteiger partial charge in [-0.1, -0.05) is 12.1 Å². The zero-order valence-electron chi connectivity index (χ0n) is 12.3. The van der Waals surface area contributed by atoms with Gasteiger partial charge >= 0.3 is 6.03 Å². The van der Waals surface area contributed by atoms with E-state index in [9.17, 15) is 14.9 Å². The highest BCUT2D eigenvalue weighted by molar-refractivity contribution is 5.89. The summed E-state index contributed by atoms with van der Waals surface area (Å²) in [4.78, 5) is 27.9. The minimum Gasteiger partial charge on any atom is -0.395 e. The molecule has 2 N–H and O–H groups in total. The molecule has 0 aliphatic carbocycles. The lowest BCUT2D eigenvalue weighted by atomic mass is 10.2.